The molecule has 0 N–H and O–H groups in total. The fourth-order valence-corrected chi connectivity index (χ4v) is 3.40. The summed E-state index contributed by atoms with van der Waals surface area (Å²) in [4.78, 5) is 0. The second-order valence-corrected chi connectivity index (χ2v) is 5.25. The zero-order chi connectivity index (χ0) is 11.7. The zero-order valence-electron chi connectivity index (χ0n) is 10.5. The van der Waals surface area contributed by atoms with Gasteiger partial charge in [-0.25, -0.2) is 0 Å². The molecule has 1 saturated carbocycles. The Labute approximate surface area is 103 Å². The highest BCUT2D eigenvalue weighted by Gasteiger charge is 2.26. The summed E-state index contributed by atoms with van der Waals surface area (Å²) in [5.74, 6) is 1.27. The molecule has 0 spiro atoms. The van der Waals surface area contributed by atoms with Gasteiger partial charge < -0.3 is 4.74 Å². The van der Waals surface area contributed by atoms with Crippen molar-refractivity contribution in [3.63, 3.8) is 0 Å². The van der Waals surface area contributed by atoms with Gasteiger partial charge >= 0.3 is 0 Å². The van der Waals surface area contributed by atoms with Gasteiger partial charge in [-0.15, -0.1) is 0 Å². The lowest BCUT2D eigenvalue weighted by molar-refractivity contribution is 0.191. The molecule has 1 heteroatoms. The third kappa shape index (κ3) is 1.93. The Bertz CT molecular complexity index is 427. The quantitative estimate of drug-likeness (QED) is 0.756. The van der Waals surface area contributed by atoms with Crippen molar-refractivity contribution >= 4 is 6.08 Å². The van der Waals surface area contributed by atoms with Gasteiger partial charge in [-0.3, -0.25) is 0 Å². The fraction of sp³-hybridized carbons (Fsp3) is 0.500. The van der Waals surface area contributed by atoms with E-state index in [1.54, 1.807) is 18.2 Å². The molecule has 0 radical (unpaired) electrons. The number of fused-ring (bicyclic) bond motifs is 1. The Hall–Kier alpha value is -1.08. The summed E-state index contributed by atoms with van der Waals surface area (Å²) < 4.78 is 5.35. The van der Waals surface area contributed by atoms with Crippen LogP contribution in [0.5, 0.6) is 0 Å². The summed E-state index contributed by atoms with van der Waals surface area (Å²) in [5.41, 5.74) is 4.55. The van der Waals surface area contributed by atoms with Gasteiger partial charge in [0.25, 0.3) is 0 Å². The summed E-state index contributed by atoms with van der Waals surface area (Å²) in [6, 6.07) is 6.79. The lowest BCUT2D eigenvalue weighted by atomic mass is 9.87. The maximum Gasteiger partial charge on any atom is 0.0566 e. The van der Waals surface area contributed by atoms with E-state index < -0.39 is 0 Å². The summed E-state index contributed by atoms with van der Waals surface area (Å²) in [6.07, 6.45) is 10.1. The predicted octanol–water partition coefficient (Wildman–Crippen LogP) is 4.10. The average molecular weight is 228 g/mol. The molecule has 0 aliphatic heterocycles. The van der Waals surface area contributed by atoms with Gasteiger partial charge in [-0.2, -0.15) is 0 Å². The molecule has 0 bridgehead atoms. The van der Waals surface area contributed by atoms with Gasteiger partial charge in [-0.05, 0) is 35.4 Å². The minimum absolute atomic E-state index is 0.479. The molecule has 1 fully saturated rings. The lowest BCUT2D eigenvalue weighted by Crippen LogP contribution is -2.07. The largest absolute Gasteiger partial charge is 0.384 e. The first-order chi connectivity index (χ1) is 8.40. The van der Waals surface area contributed by atoms with Crippen LogP contribution < -0.4 is 0 Å². The molecule has 0 aromatic heterocycles. The van der Waals surface area contributed by atoms with Gasteiger partial charge in [0.15, 0.2) is 0 Å². The van der Waals surface area contributed by atoms with Crippen molar-refractivity contribution in [3.8, 4) is 0 Å². The molecule has 2 aliphatic rings. The number of benzene rings is 1. The minimum atomic E-state index is 0.479. The van der Waals surface area contributed by atoms with Crippen LogP contribution in [-0.2, 0) is 4.74 Å². The van der Waals surface area contributed by atoms with E-state index in [2.05, 4.69) is 30.4 Å². The van der Waals surface area contributed by atoms with Crippen molar-refractivity contribution in [2.45, 2.75) is 37.5 Å². The second-order valence-electron chi connectivity index (χ2n) is 5.25. The van der Waals surface area contributed by atoms with E-state index in [4.69, 9.17) is 4.74 Å². The van der Waals surface area contributed by atoms with Crippen LogP contribution in [-0.4, -0.2) is 13.7 Å². The van der Waals surface area contributed by atoms with Crippen LogP contribution in [0, 0.1) is 0 Å². The van der Waals surface area contributed by atoms with Crippen molar-refractivity contribution < 1.29 is 4.74 Å². The van der Waals surface area contributed by atoms with Crippen molar-refractivity contribution in [3.05, 3.63) is 41.0 Å². The first-order valence-corrected chi connectivity index (χ1v) is 6.70. The van der Waals surface area contributed by atoms with Crippen LogP contribution in [0.3, 0.4) is 0 Å². The Kier molecular flexibility index (Phi) is 3.02. The Morgan fingerprint density at radius 2 is 2.06 bits per heavy atom. The fourth-order valence-electron chi connectivity index (χ4n) is 3.40. The van der Waals surface area contributed by atoms with E-state index >= 15 is 0 Å². The van der Waals surface area contributed by atoms with Crippen molar-refractivity contribution in [1.29, 1.82) is 0 Å². The standard InChI is InChI=1S/C16H20O/c1-17-11-14-10-9-13-7-4-8-15(16(13)14)12-5-2-3-6-12/h4,7-10,12,14H,2-3,5-6,11H2,1H3. The highest BCUT2D eigenvalue weighted by Crippen LogP contribution is 2.42. The molecular formula is C16H20O. The highest BCUT2D eigenvalue weighted by molar-refractivity contribution is 5.65. The van der Waals surface area contributed by atoms with Crippen LogP contribution in [0.15, 0.2) is 24.3 Å². The summed E-state index contributed by atoms with van der Waals surface area (Å²) in [7, 11) is 1.80. The van der Waals surface area contributed by atoms with Crippen LogP contribution in [0.25, 0.3) is 6.08 Å². The molecule has 0 amide bonds. The van der Waals surface area contributed by atoms with Crippen LogP contribution in [0.1, 0.15) is 54.2 Å². The van der Waals surface area contributed by atoms with E-state index in [0.717, 1.165) is 12.5 Å². The Morgan fingerprint density at radius 1 is 1.24 bits per heavy atom. The van der Waals surface area contributed by atoms with Crippen LogP contribution in [0.4, 0.5) is 0 Å². The zero-order valence-corrected chi connectivity index (χ0v) is 10.5. The maximum atomic E-state index is 5.35. The van der Waals surface area contributed by atoms with Gasteiger partial charge in [0.2, 0.25) is 0 Å². The SMILES string of the molecule is COCC1C=Cc2cccc(C3CCCC3)c21. The van der Waals surface area contributed by atoms with Crippen molar-refractivity contribution in [2.75, 3.05) is 13.7 Å². The van der Waals surface area contributed by atoms with E-state index in [-0.39, 0.29) is 0 Å². The van der Waals surface area contributed by atoms with Crippen molar-refractivity contribution in [2.24, 2.45) is 0 Å². The molecule has 2 aliphatic carbocycles. The van der Waals surface area contributed by atoms with Gasteiger partial charge in [-0.1, -0.05) is 43.2 Å². The predicted molar refractivity (Wildman–Crippen MR) is 71.3 cm³/mol. The number of methoxy groups -OCH3 is 1. The minimum Gasteiger partial charge on any atom is -0.384 e. The monoisotopic (exact) mass is 228 g/mol. The smallest absolute Gasteiger partial charge is 0.0566 e. The van der Waals surface area contributed by atoms with Crippen LogP contribution >= 0.6 is 0 Å². The normalized spacial score (nSPS) is 23.2. The number of rotatable bonds is 3. The summed E-state index contributed by atoms with van der Waals surface area (Å²) >= 11 is 0. The van der Waals surface area contributed by atoms with Gasteiger partial charge in [0.05, 0.1) is 6.61 Å². The molecule has 0 heterocycles. The third-order valence-electron chi connectivity index (χ3n) is 4.19. The lowest BCUT2D eigenvalue weighted by Gasteiger charge is -2.19. The molecule has 3 rings (SSSR count). The third-order valence-corrected chi connectivity index (χ3v) is 4.19. The average Bonchev–Trinajstić information content (AvgIpc) is 2.98. The summed E-state index contributed by atoms with van der Waals surface area (Å²) in [5, 5.41) is 0. The van der Waals surface area contributed by atoms with Gasteiger partial charge in [0.1, 0.15) is 0 Å². The number of ether oxygens (including phenoxy) is 1. The van der Waals surface area contributed by atoms with E-state index in [1.165, 1.54) is 31.2 Å². The molecule has 1 unspecified atom stereocenters. The van der Waals surface area contributed by atoms with E-state index in [0.29, 0.717) is 5.92 Å². The molecule has 1 atom stereocenters. The molecule has 0 saturated heterocycles. The molecular weight excluding hydrogens is 208 g/mol. The van der Waals surface area contributed by atoms with E-state index in [1.807, 2.05) is 0 Å². The van der Waals surface area contributed by atoms with Gasteiger partial charge in [0, 0.05) is 13.0 Å². The van der Waals surface area contributed by atoms with Crippen molar-refractivity contribution in [1.82, 2.24) is 0 Å². The van der Waals surface area contributed by atoms with Crippen LogP contribution in [0.2, 0.25) is 0 Å². The molecule has 17 heavy (non-hydrogen) atoms. The van der Waals surface area contributed by atoms with E-state index in [9.17, 15) is 0 Å². The molecule has 1 aromatic carbocycles. The highest BCUT2D eigenvalue weighted by atomic mass is 16.5. The first kappa shape index (κ1) is 11.0. The first-order valence-electron chi connectivity index (χ1n) is 6.70. The molecule has 1 aromatic rings. The molecule has 90 valence electrons. The summed E-state index contributed by atoms with van der Waals surface area (Å²) in [6.45, 7) is 0.813. The maximum absolute atomic E-state index is 5.35. The number of hydrogen-bond donors (Lipinski definition) is 0. The number of hydrogen-bond acceptors (Lipinski definition) is 1. The Morgan fingerprint density at radius 3 is 2.82 bits per heavy atom. The topological polar surface area (TPSA) is 9.23 Å². The second kappa shape index (κ2) is 4.66. The Balaban J connectivity index is 1.97. The molecule has 1 nitrogen and oxygen atoms in total.